The lowest BCUT2D eigenvalue weighted by molar-refractivity contribution is 0.249. The van der Waals surface area contributed by atoms with E-state index >= 15 is 0 Å². The molecule has 1 N–H and O–H groups in total. The second-order valence-corrected chi connectivity index (χ2v) is 5.25. The highest BCUT2D eigenvalue weighted by Crippen LogP contribution is 2.47. The van der Waals surface area contributed by atoms with Gasteiger partial charge in [0.25, 0.3) is 0 Å². The first-order valence-corrected chi connectivity index (χ1v) is 6.41. The van der Waals surface area contributed by atoms with E-state index in [-0.39, 0.29) is 0 Å². The van der Waals surface area contributed by atoms with Crippen LogP contribution in [0.3, 0.4) is 0 Å². The monoisotopic (exact) mass is 223 g/mol. The summed E-state index contributed by atoms with van der Waals surface area (Å²) in [5.74, 6) is 0. The molecule has 0 spiro atoms. The van der Waals surface area contributed by atoms with Gasteiger partial charge in [-0.1, -0.05) is 6.92 Å². The number of rotatable bonds is 8. The molecule has 0 heterocycles. The van der Waals surface area contributed by atoms with Crippen LogP contribution in [0.5, 0.6) is 0 Å². The Balaban J connectivity index is 2.06. The molecule has 0 aromatic carbocycles. The lowest BCUT2D eigenvalue weighted by atomic mass is 10.0. The van der Waals surface area contributed by atoms with Crippen LogP contribution in [0.15, 0.2) is 0 Å². The molecule has 0 radical (unpaired) electrons. The van der Waals surface area contributed by atoms with Gasteiger partial charge in [0.1, 0.15) is 0 Å². The van der Waals surface area contributed by atoms with Crippen molar-refractivity contribution in [3.05, 3.63) is 0 Å². The average molecular weight is 223 g/mol. The Kier molecular flexibility index (Phi) is 5.24. The first-order chi connectivity index (χ1) is 7.63. The lowest BCUT2D eigenvalue weighted by Gasteiger charge is -2.24. The maximum atomic E-state index is 8.71. The van der Waals surface area contributed by atoms with Gasteiger partial charge in [-0.25, -0.2) is 0 Å². The number of nitriles is 1. The van der Waals surface area contributed by atoms with Crippen molar-refractivity contribution in [1.82, 2.24) is 10.2 Å². The average Bonchev–Trinajstić information content (AvgIpc) is 3.04. The molecular weight excluding hydrogens is 198 g/mol. The molecule has 0 saturated heterocycles. The molecule has 1 atom stereocenters. The fourth-order valence-electron chi connectivity index (χ4n) is 1.90. The van der Waals surface area contributed by atoms with E-state index in [2.05, 4.69) is 37.2 Å². The molecular formula is C13H25N3. The van der Waals surface area contributed by atoms with Gasteiger partial charge in [0.05, 0.1) is 6.07 Å². The third-order valence-corrected chi connectivity index (χ3v) is 3.90. The van der Waals surface area contributed by atoms with E-state index in [4.69, 9.17) is 5.26 Å². The minimum Gasteiger partial charge on any atom is -0.315 e. The summed E-state index contributed by atoms with van der Waals surface area (Å²) in [4.78, 5) is 2.39. The van der Waals surface area contributed by atoms with Crippen LogP contribution in [0.25, 0.3) is 0 Å². The minimum absolute atomic E-state index is 0.337. The smallest absolute Gasteiger partial charge is 0.0628 e. The zero-order valence-electron chi connectivity index (χ0n) is 10.9. The zero-order chi connectivity index (χ0) is 12.0. The van der Waals surface area contributed by atoms with Crippen LogP contribution in [0.4, 0.5) is 0 Å². The van der Waals surface area contributed by atoms with Crippen molar-refractivity contribution in [2.75, 3.05) is 26.7 Å². The van der Waals surface area contributed by atoms with Gasteiger partial charge >= 0.3 is 0 Å². The fourth-order valence-corrected chi connectivity index (χ4v) is 1.90. The molecule has 0 aromatic rings. The quantitative estimate of drug-likeness (QED) is 0.640. The molecule has 0 aliphatic heterocycles. The second kappa shape index (κ2) is 6.22. The standard InChI is InChI=1S/C13H25N3/c1-4-12(2)16(3)10-9-15-11-13(5-6-13)7-8-14/h12,15H,4-7,9-11H2,1-3H3. The van der Waals surface area contributed by atoms with E-state index in [0.29, 0.717) is 11.5 Å². The van der Waals surface area contributed by atoms with E-state index in [1.165, 1.54) is 19.3 Å². The number of hydrogen-bond donors (Lipinski definition) is 1. The van der Waals surface area contributed by atoms with Crippen molar-refractivity contribution < 1.29 is 0 Å². The second-order valence-electron chi connectivity index (χ2n) is 5.25. The molecule has 0 aromatic heterocycles. The Morgan fingerprint density at radius 2 is 2.19 bits per heavy atom. The van der Waals surface area contributed by atoms with Gasteiger partial charge < -0.3 is 10.2 Å². The molecule has 1 rings (SSSR count). The molecule has 92 valence electrons. The Morgan fingerprint density at radius 3 is 2.69 bits per heavy atom. The van der Waals surface area contributed by atoms with E-state index in [1.807, 2.05) is 0 Å². The molecule has 0 bridgehead atoms. The zero-order valence-corrected chi connectivity index (χ0v) is 10.9. The predicted molar refractivity (Wildman–Crippen MR) is 67.1 cm³/mol. The van der Waals surface area contributed by atoms with Crippen LogP contribution in [0.1, 0.15) is 39.5 Å². The van der Waals surface area contributed by atoms with E-state index in [0.717, 1.165) is 26.1 Å². The van der Waals surface area contributed by atoms with Gasteiger partial charge in [-0.3, -0.25) is 0 Å². The fraction of sp³-hybridized carbons (Fsp3) is 0.923. The minimum atomic E-state index is 0.337. The highest BCUT2D eigenvalue weighted by Gasteiger charge is 2.41. The summed E-state index contributed by atoms with van der Waals surface area (Å²) in [7, 11) is 2.18. The Labute approximate surface area is 99.8 Å². The molecule has 16 heavy (non-hydrogen) atoms. The van der Waals surface area contributed by atoms with Crippen molar-refractivity contribution in [2.24, 2.45) is 5.41 Å². The molecule has 1 fully saturated rings. The summed E-state index contributed by atoms with van der Waals surface area (Å²) < 4.78 is 0. The van der Waals surface area contributed by atoms with Gasteiger partial charge in [0, 0.05) is 32.1 Å². The molecule has 1 unspecified atom stereocenters. The third-order valence-electron chi connectivity index (χ3n) is 3.90. The van der Waals surface area contributed by atoms with E-state index in [1.54, 1.807) is 0 Å². The van der Waals surface area contributed by atoms with Crippen LogP contribution in [-0.2, 0) is 0 Å². The maximum absolute atomic E-state index is 8.71. The van der Waals surface area contributed by atoms with Gasteiger partial charge in [-0.15, -0.1) is 0 Å². The van der Waals surface area contributed by atoms with Crippen LogP contribution in [-0.4, -0.2) is 37.6 Å². The summed E-state index contributed by atoms with van der Waals surface area (Å²) in [6.07, 6.45) is 4.39. The Morgan fingerprint density at radius 1 is 1.50 bits per heavy atom. The van der Waals surface area contributed by atoms with Crippen LogP contribution >= 0.6 is 0 Å². The van der Waals surface area contributed by atoms with Gasteiger partial charge in [0.15, 0.2) is 0 Å². The van der Waals surface area contributed by atoms with E-state index in [9.17, 15) is 0 Å². The Bertz CT molecular complexity index is 240. The molecule has 0 amide bonds. The largest absolute Gasteiger partial charge is 0.315 e. The van der Waals surface area contributed by atoms with Crippen LogP contribution < -0.4 is 5.32 Å². The number of nitrogens with zero attached hydrogens (tertiary/aromatic N) is 2. The topological polar surface area (TPSA) is 39.1 Å². The molecule has 1 aliphatic carbocycles. The first kappa shape index (κ1) is 13.5. The van der Waals surface area contributed by atoms with Crippen molar-refractivity contribution in [1.29, 1.82) is 5.26 Å². The number of nitrogens with one attached hydrogen (secondary N) is 1. The van der Waals surface area contributed by atoms with Crippen molar-refractivity contribution in [3.8, 4) is 6.07 Å². The lowest BCUT2D eigenvalue weighted by Crippen LogP contribution is -2.36. The summed E-state index contributed by atoms with van der Waals surface area (Å²) in [5.41, 5.74) is 0.337. The molecule has 1 aliphatic rings. The first-order valence-electron chi connectivity index (χ1n) is 6.41. The van der Waals surface area contributed by atoms with Gasteiger partial charge in [-0.2, -0.15) is 5.26 Å². The normalized spacial score (nSPS) is 19.4. The van der Waals surface area contributed by atoms with Crippen molar-refractivity contribution in [2.45, 2.75) is 45.6 Å². The van der Waals surface area contributed by atoms with Crippen LogP contribution in [0.2, 0.25) is 0 Å². The third kappa shape index (κ3) is 4.11. The number of likely N-dealkylation sites (N-methyl/N-ethyl adjacent to an activating group) is 1. The summed E-state index contributed by atoms with van der Waals surface area (Å²) in [6.45, 7) is 7.64. The summed E-state index contributed by atoms with van der Waals surface area (Å²) in [6, 6.07) is 2.96. The van der Waals surface area contributed by atoms with Crippen molar-refractivity contribution >= 4 is 0 Å². The highest BCUT2D eigenvalue weighted by molar-refractivity contribution is 5.00. The summed E-state index contributed by atoms with van der Waals surface area (Å²) >= 11 is 0. The maximum Gasteiger partial charge on any atom is 0.0628 e. The van der Waals surface area contributed by atoms with E-state index < -0.39 is 0 Å². The number of hydrogen-bond acceptors (Lipinski definition) is 3. The predicted octanol–water partition coefficient (Wildman–Crippen LogP) is 2.00. The molecule has 1 saturated carbocycles. The van der Waals surface area contributed by atoms with Gasteiger partial charge in [-0.05, 0) is 38.6 Å². The molecule has 3 nitrogen and oxygen atoms in total. The summed E-state index contributed by atoms with van der Waals surface area (Å²) in [5, 5.41) is 12.2. The van der Waals surface area contributed by atoms with Gasteiger partial charge in [0.2, 0.25) is 0 Å². The van der Waals surface area contributed by atoms with Crippen LogP contribution in [0, 0.1) is 16.7 Å². The molecule has 3 heteroatoms. The van der Waals surface area contributed by atoms with Crippen molar-refractivity contribution in [3.63, 3.8) is 0 Å². The highest BCUT2D eigenvalue weighted by atomic mass is 15.1. The Hall–Kier alpha value is -0.590. The SMILES string of the molecule is CCC(C)N(C)CCNCC1(CC#N)CC1.